The molecule has 0 aromatic heterocycles. The Hall–Kier alpha value is -9.44. The van der Waals surface area contributed by atoms with Crippen molar-refractivity contribution in [3.05, 3.63) is 113 Å². The number of benzene rings is 7. The number of nitro benzene ring substituents is 1. The summed E-state index contributed by atoms with van der Waals surface area (Å²) in [5.74, 6) is -1.99. The van der Waals surface area contributed by atoms with Crippen LogP contribution in [0.1, 0.15) is 0 Å². The van der Waals surface area contributed by atoms with Gasteiger partial charge in [0.25, 0.3) is 46.2 Å². The monoisotopic (exact) mass is 1280 g/mol. The van der Waals surface area contributed by atoms with Crippen molar-refractivity contribution >= 4 is 151 Å². The summed E-state index contributed by atoms with van der Waals surface area (Å²) in [4.78, 5) is 6.83. The van der Waals surface area contributed by atoms with E-state index < -0.39 is 142 Å². The molecule has 0 spiro atoms. The third kappa shape index (κ3) is 17.5. The normalized spacial score (nSPS) is 11.9. The van der Waals surface area contributed by atoms with Crippen molar-refractivity contribution in [1.29, 1.82) is 0 Å². The van der Waals surface area contributed by atoms with Crippen molar-refractivity contribution in [3.63, 3.8) is 0 Å². The zero-order valence-electron chi connectivity index (χ0n) is 39.6. The maximum absolute atomic E-state index is 13.0. The van der Waals surface area contributed by atoms with Crippen molar-refractivity contribution in [2.45, 2.75) is 19.6 Å². The van der Waals surface area contributed by atoms with Crippen LogP contribution in [0.25, 0.3) is 21.5 Å². The first-order valence-electron chi connectivity index (χ1n) is 20.3. The number of methoxy groups -OCH3 is 1. The van der Waals surface area contributed by atoms with E-state index >= 15 is 0 Å². The number of nitrogen functional groups attached to an aromatic ring is 1. The van der Waals surface area contributed by atoms with Crippen LogP contribution < -0.4 is 10.5 Å². The van der Waals surface area contributed by atoms with Gasteiger partial charge in [0.2, 0.25) is 0 Å². The molecule has 0 aliphatic rings. The van der Waals surface area contributed by atoms with E-state index in [0.29, 0.717) is 12.1 Å². The molecule has 0 saturated heterocycles. The van der Waals surface area contributed by atoms with Gasteiger partial charge < -0.3 is 20.7 Å². The smallest absolute Gasteiger partial charge is 0.425 e. The molecular weight excluding hydrogens is 1250 g/mol. The molecule has 8 N–H and O–H groups in total. The lowest BCUT2D eigenvalue weighted by atomic mass is 10.1. The Morgan fingerprint density at radius 3 is 1.37 bits per heavy atom. The second kappa shape index (κ2) is 26.7. The molecule has 36 nitrogen and oxygen atoms in total. The lowest BCUT2D eigenvalue weighted by Crippen LogP contribution is -2.03. The second-order valence-corrected chi connectivity index (χ2v) is 21.5. The number of anilines is 1. The molecule has 43 heteroatoms. The Bertz CT molecular complexity index is 4600. The number of fused-ring (bicyclic) bond motifs is 2. The third-order valence-electron chi connectivity index (χ3n) is 9.65. The largest absolute Gasteiger partial charge is 0.505 e. The number of nitrogens with two attached hydrogens (primary N) is 1. The summed E-state index contributed by atoms with van der Waals surface area (Å²) in [6.45, 7) is 0. The predicted octanol–water partition coefficient (Wildman–Crippen LogP) is 6.54. The molecule has 0 radical (unpaired) electrons. The molecule has 0 aliphatic carbocycles. The molecule has 7 aromatic rings. The standard InChI is InChI=1S/C39H28N10O17S4.3O3S/c1-66-31-16-22(49(52)53)8-13-27(31)44-45-28-14-12-25-32(68(57,58)59)18-30(35(40)34(25)38(28)51)47-46-29-15-11-24-26(39(29)70(63,64)65)17-33(69(60,61)62)36(37(24)50)48-43-20-4-2-19(3-5-20)41-42-21-6-9-23(10-7-21)67(54,55)56;3*1-4(2)3/h2-18,50-51H,40H2,1H3,(H,54,55,56)(H,57,58,59)(H,60,61,62)(H,63,64,65);;;. The molecule has 0 atom stereocenters. The number of azo groups is 4. The van der Waals surface area contributed by atoms with Gasteiger partial charge >= 0.3 is 31.8 Å². The van der Waals surface area contributed by atoms with Crippen LogP contribution in [0.3, 0.4) is 0 Å². The zero-order chi connectivity index (χ0) is 61.8. The Labute approximate surface area is 461 Å². The fourth-order valence-corrected chi connectivity index (χ4v) is 9.10. The number of rotatable bonds is 14. The number of hydrogen-bond acceptors (Lipinski definition) is 31. The van der Waals surface area contributed by atoms with Gasteiger partial charge in [0.15, 0.2) is 17.2 Å². The maximum atomic E-state index is 13.0. The van der Waals surface area contributed by atoms with Crippen molar-refractivity contribution in [2.24, 2.45) is 40.9 Å². The molecule has 0 unspecified atom stereocenters. The molecular formula is C39H28N10O26S7. The summed E-state index contributed by atoms with van der Waals surface area (Å²) in [5, 5.41) is 62.7. The number of phenols is 2. The maximum Gasteiger partial charge on any atom is 0.425 e. The first kappa shape index (κ1) is 65.1. The number of nitrogens with zero attached hydrogens (tertiary/aromatic N) is 9. The van der Waals surface area contributed by atoms with Crippen molar-refractivity contribution in [1.82, 2.24) is 0 Å². The van der Waals surface area contributed by atoms with E-state index in [-0.39, 0.29) is 50.2 Å². The summed E-state index contributed by atoms with van der Waals surface area (Å²) < 4.78 is 220. The van der Waals surface area contributed by atoms with Crippen LogP contribution >= 0.6 is 0 Å². The van der Waals surface area contributed by atoms with Crippen molar-refractivity contribution in [3.8, 4) is 17.2 Å². The first-order valence-corrected chi connectivity index (χ1v) is 29.0. The predicted molar refractivity (Wildman–Crippen MR) is 273 cm³/mol. The van der Waals surface area contributed by atoms with Gasteiger partial charge in [-0.25, -0.2) is 0 Å². The van der Waals surface area contributed by atoms with E-state index in [2.05, 4.69) is 40.9 Å². The molecule has 0 amide bonds. The molecule has 0 fully saturated rings. The highest BCUT2D eigenvalue weighted by atomic mass is 32.2. The molecule has 7 rings (SSSR count). The summed E-state index contributed by atoms with van der Waals surface area (Å²) in [6.07, 6.45) is 0. The van der Waals surface area contributed by atoms with Crippen LogP contribution in [0.2, 0.25) is 0 Å². The van der Waals surface area contributed by atoms with E-state index in [0.717, 1.165) is 48.5 Å². The molecule has 7 aromatic carbocycles. The zero-order valence-corrected chi connectivity index (χ0v) is 45.3. The minimum Gasteiger partial charge on any atom is -0.505 e. The SMILES string of the molecule is COc1cc([N+](=O)[O-])ccc1N=Nc1ccc2c(S(=O)(=O)O)cc(N=Nc3ccc4c(O)c(N=Nc5ccc(N=Nc6ccc(S(=O)(=O)O)cc6)cc5)c(S(=O)(=O)O)cc4c3S(=O)(=O)O)c(N)c2c1O.O=S(=O)=O.O=S(=O)=O.O=S(=O)=O. The highest BCUT2D eigenvalue weighted by Crippen LogP contribution is 2.48. The van der Waals surface area contributed by atoms with Crippen LogP contribution in [-0.4, -0.2) is 112 Å². The fourth-order valence-electron chi connectivity index (χ4n) is 6.44. The topological polar surface area (TPSA) is 589 Å². The first-order chi connectivity index (χ1) is 38.0. The number of nitro groups is 1. The van der Waals surface area contributed by atoms with E-state index in [9.17, 15) is 67.7 Å². The van der Waals surface area contributed by atoms with Gasteiger partial charge in [0.1, 0.15) is 43.1 Å². The highest BCUT2D eigenvalue weighted by molar-refractivity contribution is 7.87. The molecule has 0 bridgehead atoms. The number of ether oxygens (including phenoxy) is 1. The Morgan fingerprint density at radius 1 is 0.476 bits per heavy atom. The van der Waals surface area contributed by atoms with Crippen molar-refractivity contribution < 1.29 is 110 Å². The van der Waals surface area contributed by atoms with Gasteiger partial charge in [-0.2, -0.15) is 49.0 Å². The van der Waals surface area contributed by atoms with Crippen LogP contribution in [0, 0.1) is 10.1 Å². The number of aromatic hydroxyl groups is 2. The Morgan fingerprint density at radius 2 is 0.902 bits per heavy atom. The number of phenolic OH excluding ortho intramolecular Hbond substituents is 2. The van der Waals surface area contributed by atoms with Gasteiger partial charge in [-0.15, -0.1) is 63.5 Å². The quantitative estimate of drug-likeness (QED) is 0.0200. The average Bonchev–Trinajstić information content (AvgIpc) is 3.05. The van der Waals surface area contributed by atoms with Crippen molar-refractivity contribution in [2.75, 3.05) is 12.8 Å². The number of hydrogen-bond donors (Lipinski definition) is 7. The van der Waals surface area contributed by atoms with Crippen LogP contribution in [-0.2, 0) is 72.3 Å². The van der Waals surface area contributed by atoms with Gasteiger partial charge in [0.05, 0.1) is 51.1 Å². The van der Waals surface area contributed by atoms with Crippen LogP contribution in [0.15, 0.2) is 164 Å². The van der Waals surface area contributed by atoms with Gasteiger partial charge in [0, 0.05) is 22.2 Å². The van der Waals surface area contributed by atoms with Crippen LogP contribution in [0.4, 0.5) is 56.9 Å². The van der Waals surface area contributed by atoms with Gasteiger partial charge in [-0.1, -0.05) is 6.07 Å². The minimum atomic E-state index is -5.49. The van der Waals surface area contributed by atoms with Gasteiger partial charge in [-0.3, -0.25) is 28.3 Å². The lowest BCUT2D eigenvalue weighted by Gasteiger charge is -2.13. The second-order valence-electron chi connectivity index (χ2n) is 14.7. The fraction of sp³-hybridized carbons (Fsp3) is 0.0256. The Kier molecular flexibility index (Phi) is 21.2. The summed E-state index contributed by atoms with van der Waals surface area (Å²) >= 11 is 0. The molecule has 0 saturated carbocycles. The number of non-ortho nitro benzene ring substituents is 1. The summed E-state index contributed by atoms with van der Waals surface area (Å²) in [5.41, 5.74) is 3.18. The Balaban J connectivity index is 0.00000110. The van der Waals surface area contributed by atoms with E-state index in [1.54, 1.807) is 0 Å². The van der Waals surface area contributed by atoms with Gasteiger partial charge in [-0.05, 0) is 84.9 Å². The molecule has 0 heterocycles. The highest BCUT2D eigenvalue weighted by Gasteiger charge is 2.29. The third-order valence-corrected chi connectivity index (χ3v) is 13.2. The lowest BCUT2D eigenvalue weighted by molar-refractivity contribution is -0.384. The van der Waals surface area contributed by atoms with Crippen LogP contribution in [0.5, 0.6) is 17.2 Å². The van der Waals surface area contributed by atoms with E-state index in [1.807, 2.05) is 0 Å². The average molecular weight is 1280 g/mol. The van der Waals surface area contributed by atoms with E-state index in [1.165, 1.54) is 49.6 Å². The molecule has 0 aliphatic heterocycles. The minimum absolute atomic E-state index is 0.0218. The molecule has 82 heavy (non-hydrogen) atoms. The molecule has 432 valence electrons. The summed E-state index contributed by atoms with van der Waals surface area (Å²) in [6, 6.07) is 18.8. The van der Waals surface area contributed by atoms with E-state index in [4.69, 9.17) is 52.9 Å². The summed E-state index contributed by atoms with van der Waals surface area (Å²) in [7, 11) is -28.6.